The van der Waals surface area contributed by atoms with Crippen LogP contribution in [0, 0.1) is 18.3 Å². The standard InChI is InChI=1S/C25H26N4O2/c1-19-23(24(29(2)28-19)31-22-8-4-3-5-9-22)16-27-30-17-20-10-12-21(13-11-20)25(18-26)14-6-7-15-25/h3-5,8-13,16H,6-7,14-15,17H2,1-2H3. The lowest BCUT2D eigenvalue weighted by Gasteiger charge is -2.20. The monoisotopic (exact) mass is 414 g/mol. The van der Waals surface area contributed by atoms with Crippen LogP contribution >= 0.6 is 0 Å². The highest BCUT2D eigenvalue weighted by molar-refractivity contribution is 5.84. The number of ether oxygens (including phenoxy) is 1. The van der Waals surface area contributed by atoms with Crippen molar-refractivity contribution in [2.24, 2.45) is 12.2 Å². The fourth-order valence-corrected chi connectivity index (χ4v) is 4.09. The number of hydrogen-bond donors (Lipinski definition) is 0. The van der Waals surface area contributed by atoms with Gasteiger partial charge in [-0.2, -0.15) is 10.4 Å². The molecule has 3 aromatic rings. The summed E-state index contributed by atoms with van der Waals surface area (Å²) in [5, 5.41) is 18.2. The second kappa shape index (κ2) is 9.05. The summed E-state index contributed by atoms with van der Waals surface area (Å²) < 4.78 is 7.68. The van der Waals surface area contributed by atoms with Gasteiger partial charge in [0.05, 0.1) is 29.0 Å². The van der Waals surface area contributed by atoms with Gasteiger partial charge in [-0.05, 0) is 43.0 Å². The Hall–Kier alpha value is -3.59. The number of hydrogen-bond acceptors (Lipinski definition) is 5. The van der Waals surface area contributed by atoms with E-state index in [0.717, 1.165) is 53.8 Å². The van der Waals surface area contributed by atoms with E-state index in [-0.39, 0.29) is 5.41 Å². The first-order valence-corrected chi connectivity index (χ1v) is 10.5. The van der Waals surface area contributed by atoms with Gasteiger partial charge in [-0.1, -0.05) is 60.5 Å². The molecule has 0 amide bonds. The molecule has 0 bridgehead atoms. The van der Waals surface area contributed by atoms with Crippen LogP contribution in [0.2, 0.25) is 0 Å². The summed E-state index contributed by atoms with van der Waals surface area (Å²) >= 11 is 0. The maximum Gasteiger partial charge on any atom is 0.226 e. The van der Waals surface area contributed by atoms with Crippen LogP contribution in [0.1, 0.15) is 48.1 Å². The molecule has 31 heavy (non-hydrogen) atoms. The van der Waals surface area contributed by atoms with Crippen LogP contribution in [0.25, 0.3) is 0 Å². The van der Waals surface area contributed by atoms with Crippen molar-refractivity contribution in [1.29, 1.82) is 5.26 Å². The van der Waals surface area contributed by atoms with Crippen molar-refractivity contribution in [3.8, 4) is 17.7 Å². The van der Waals surface area contributed by atoms with Crippen LogP contribution in [0.5, 0.6) is 11.6 Å². The number of nitrogens with zero attached hydrogens (tertiary/aromatic N) is 4. The summed E-state index contributed by atoms with van der Waals surface area (Å²) in [5.74, 6) is 1.34. The van der Waals surface area contributed by atoms with E-state index >= 15 is 0 Å². The lowest BCUT2D eigenvalue weighted by molar-refractivity contribution is 0.132. The SMILES string of the molecule is Cc1nn(C)c(Oc2ccccc2)c1C=NOCc1ccc(C2(C#N)CCCC2)cc1. The largest absolute Gasteiger partial charge is 0.439 e. The van der Waals surface area contributed by atoms with Gasteiger partial charge in [0, 0.05) is 7.05 Å². The molecule has 0 atom stereocenters. The molecular formula is C25H26N4O2. The molecule has 1 aliphatic carbocycles. The van der Waals surface area contributed by atoms with Gasteiger partial charge in [0.1, 0.15) is 12.4 Å². The Morgan fingerprint density at radius 3 is 2.52 bits per heavy atom. The van der Waals surface area contributed by atoms with Gasteiger partial charge < -0.3 is 9.57 Å². The van der Waals surface area contributed by atoms with E-state index in [4.69, 9.17) is 9.57 Å². The third kappa shape index (κ3) is 4.46. The number of aryl methyl sites for hydroxylation is 2. The molecular weight excluding hydrogens is 388 g/mol. The lowest BCUT2D eigenvalue weighted by atomic mass is 9.80. The van der Waals surface area contributed by atoms with Crippen LogP contribution in [0.3, 0.4) is 0 Å². The molecule has 4 rings (SSSR count). The minimum atomic E-state index is -0.315. The van der Waals surface area contributed by atoms with Crippen LogP contribution in [-0.4, -0.2) is 16.0 Å². The molecule has 2 aromatic carbocycles. The summed E-state index contributed by atoms with van der Waals surface area (Å²) in [5.41, 5.74) is 3.39. The van der Waals surface area contributed by atoms with Crippen molar-refractivity contribution in [3.05, 3.63) is 77.0 Å². The number of oxime groups is 1. The van der Waals surface area contributed by atoms with Gasteiger partial charge in [-0.15, -0.1) is 0 Å². The summed E-state index contributed by atoms with van der Waals surface area (Å²) in [4.78, 5) is 5.52. The second-order valence-electron chi connectivity index (χ2n) is 7.95. The van der Waals surface area contributed by atoms with Crippen molar-refractivity contribution in [2.75, 3.05) is 0 Å². The summed E-state index contributed by atoms with van der Waals surface area (Å²) in [6.45, 7) is 2.26. The number of nitriles is 1. The van der Waals surface area contributed by atoms with E-state index in [1.54, 1.807) is 10.9 Å². The predicted molar refractivity (Wildman–Crippen MR) is 119 cm³/mol. The minimum Gasteiger partial charge on any atom is -0.439 e. The molecule has 158 valence electrons. The highest BCUT2D eigenvalue weighted by atomic mass is 16.6. The smallest absolute Gasteiger partial charge is 0.226 e. The van der Waals surface area contributed by atoms with Crippen molar-refractivity contribution in [2.45, 2.75) is 44.6 Å². The fraction of sp³-hybridized carbons (Fsp3) is 0.320. The Morgan fingerprint density at radius 1 is 1.13 bits per heavy atom. The van der Waals surface area contributed by atoms with Crippen molar-refractivity contribution in [1.82, 2.24) is 9.78 Å². The van der Waals surface area contributed by atoms with Crippen molar-refractivity contribution >= 4 is 6.21 Å². The molecule has 1 heterocycles. The van der Waals surface area contributed by atoms with Crippen molar-refractivity contribution < 1.29 is 9.57 Å². The van der Waals surface area contributed by atoms with E-state index in [9.17, 15) is 5.26 Å². The van der Waals surface area contributed by atoms with Crippen LogP contribution in [0.15, 0.2) is 59.8 Å². The average Bonchev–Trinajstić information content (AvgIpc) is 3.38. The molecule has 0 aliphatic heterocycles. The molecule has 0 N–H and O–H groups in total. The first kappa shape index (κ1) is 20.7. The van der Waals surface area contributed by atoms with E-state index in [1.165, 1.54) is 0 Å². The fourth-order valence-electron chi connectivity index (χ4n) is 4.09. The average molecular weight is 415 g/mol. The highest BCUT2D eigenvalue weighted by Crippen LogP contribution is 2.40. The number of aromatic nitrogens is 2. The van der Waals surface area contributed by atoms with E-state index in [0.29, 0.717) is 12.5 Å². The van der Waals surface area contributed by atoms with E-state index in [2.05, 4.69) is 16.3 Å². The maximum atomic E-state index is 9.65. The Morgan fingerprint density at radius 2 is 1.84 bits per heavy atom. The molecule has 0 saturated heterocycles. The lowest BCUT2D eigenvalue weighted by Crippen LogP contribution is -2.19. The number of para-hydroxylation sites is 1. The zero-order valence-corrected chi connectivity index (χ0v) is 17.9. The van der Waals surface area contributed by atoms with Gasteiger partial charge in [0.25, 0.3) is 0 Å². The molecule has 0 unspecified atom stereocenters. The first-order valence-electron chi connectivity index (χ1n) is 10.5. The molecule has 1 aliphatic rings. The van der Waals surface area contributed by atoms with Crippen LogP contribution in [0.4, 0.5) is 0 Å². The van der Waals surface area contributed by atoms with Gasteiger partial charge in [-0.3, -0.25) is 0 Å². The predicted octanol–water partition coefficient (Wildman–Crippen LogP) is 5.41. The van der Waals surface area contributed by atoms with Crippen LogP contribution in [-0.2, 0) is 23.9 Å². The van der Waals surface area contributed by atoms with Gasteiger partial charge in [0.15, 0.2) is 0 Å². The summed E-state index contributed by atoms with van der Waals surface area (Å²) in [7, 11) is 1.84. The van der Waals surface area contributed by atoms with E-state index < -0.39 is 0 Å². The third-order valence-corrected chi connectivity index (χ3v) is 5.84. The van der Waals surface area contributed by atoms with E-state index in [1.807, 2.05) is 68.6 Å². The topological polar surface area (TPSA) is 72.4 Å². The summed E-state index contributed by atoms with van der Waals surface area (Å²) in [6, 6.07) is 20.2. The molecule has 6 heteroatoms. The first-order chi connectivity index (χ1) is 15.1. The zero-order valence-electron chi connectivity index (χ0n) is 17.9. The Kier molecular flexibility index (Phi) is 6.03. The normalized spacial score (nSPS) is 15.1. The molecule has 1 saturated carbocycles. The molecule has 6 nitrogen and oxygen atoms in total. The number of rotatable bonds is 7. The zero-order chi connectivity index (χ0) is 21.7. The number of benzene rings is 2. The van der Waals surface area contributed by atoms with Gasteiger partial charge in [-0.25, -0.2) is 4.68 Å². The summed E-state index contributed by atoms with van der Waals surface area (Å²) in [6.07, 6.45) is 5.77. The second-order valence-corrected chi connectivity index (χ2v) is 7.95. The Labute approximate surface area is 182 Å². The van der Waals surface area contributed by atoms with Crippen LogP contribution < -0.4 is 4.74 Å². The van der Waals surface area contributed by atoms with Crippen molar-refractivity contribution in [3.63, 3.8) is 0 Å². The highest BCUT2D eigenvalue weighted by Gasteiger charge is 2.35. The third-order valence-electron chi connectivity index (χ3n) is 5.84. The molecule has 0 radical (unpaired) electrons. The maximum absolute atomic E-state index is 9.65. The van der Waals surface area contributed by atoms with Gasteiger partial charge >= 0.3 is 0 Å². The Bertz CT molecular complexity index is 1090. The Balaban J connectivity index is 1.40. The molecule has 1 fully saturated rings. The molecule has 0 spiro atoms. The molecule has 1 aromatic heterocycles. The van der Waals surface area contributed by atoms with Gasteiger partial charge in [0.2, 0.25) is 5.88 Å². The quantitative estimate of drug-likeness (QED) is 0.383. The minimum absolute atomic E-state index is 0.315.